The van der Waals surface area contributed by atoms with Crippen molar-refractivity contribution in [1.29, 1.82) is 0 Å². The summed E-state index contributed by atoms with van der Waals surface area (Å²) in [6.45, 7) is 2.53. The van der Waals surface area contributed by atoms with Gasteiger partial charge in [-0.25, -0.2) is 4.39 Å². The van der Waals surface area contributed by atoms with Gasteiger partial charge in [-0.3, -0.25) is 4.21 Å². The summed E-state index contributed by atoms with van der Waals surface area (Å²) in [5.41, 5.74) is 0.869. The Morgan fingerprint density at radius 1 is 1.56 bits per heavy atom. The van der Waals surface area contributed by atoms with Crippen LogP contribution in [0.5, 0.6) is 0 Å². The van der Waals surface area contributed by atoms with Crippen molar-refractivity contribution in [3.8, 4) is 0 Å². The van der Waals surface area contributed by atoms with Crippen molar-refractivity contribution in [2.45, 2.75) is 19.5 Å². The topological polar surface area (TPSA) is 29.1 Å². The maximum atomic E-state index is 13.0. The minimum atomic E-state index is -0.812. The standard InChI is InChI=1S/C11H15BrFNOS/c1-8(7-16(2)15)14-6-9-5-10(13)3-4-11(9)12/h3-5,8,14H,6-7H2,1-2H3. The Balaban J connectivity index is 2.54. The minimum absolute atomic E-state index is 0.154. The molecule has 0 bridgehead atoms. The van der Waals surface area contributed by atoms with E-state index in [1.54, 1.807) is 12.3 Å². The first-order valence-corrected chi connectivity index (χ1v) is 7.48. The number of benzene rings is 1. The highest BCUT2D eigenvalue weighted by Gasteiger charge is 2.06. The van der Waals surface area contributed by atoms with Crippen LogP contribution in [0.25, 0.3) is 0 Å². The second-order valence-electron chi connectivity index (χ2n) is 3.76. The van der Waals surface area contributed by atoms with E-state index >= 15 is 0 Å². The highest BCUT2D eigenvalue weighted by molar-refractivity contribution is 9.10. The zero-order valence-electron chi connectivity index (χ0n) is 9.30. The highest BCUT2D eigenvalue weighted by Crippen LogP contribution is 2.17. The summed E-state index contributed by atoms with van der Waals surface area (Å²) in [7, 11) is -0.812. The van der Waals surface area contributed by atoms with Crippen LogP contribution in [0, 0.1) is 5.82 Å². The summed E-state index contributed by atoms with van der Waals surface area (Å²) in [5.74, 6) is 0.360. The van der Waals surface area contributed by atoms with E-state index in [1.807, 2.05) is 6.92 Å². The van der Waals surface area contributed by atoms with Gasteiger partial charge in [-0.2, -0.15) is 0 Å². The Morgan fingerprint density at radius 2 is 2.25 bits per heavy atom. The van der Waals surface area contributed by atoms with E-state index in [1.165, 1.54) is 12.1 Å². The van der Waals surface area contributed by atoms with Gasteiger partial charge in [0.2, 0.25) is 0 Å². The van der Waals surface area contributed by atoms with Crippen LogP contribution in [0.2, 0.25) is 0 Å². The van der Waals surface area contributed by atoms with Crippen LogP contribution in [0.1, 0.15) is 12.5 Å². The molecule has 2 unspecified atom stereocenters. The largest absolute Gasteiger partial charge is 0.309 e. The molecule has 0 aliphatic rings. The third kappa shape index (κ3) is 4.72. The average Bonchev–Trinajstić information content (AvgIpc) is 2.18. The van der Waals surface area contributed by atoms with E-state index in [-0.39, 0.29) is 11.9 Å². The molecule has 1 aromatic carbocycles. The first-order chi connectivity index (χ1) is 7.49. The van der Waals surface area contributed by atoms with Crippen molar-refractivity contribution in [2.75, 3.05) is 12.0 Å². The Kier molecular flexibility index (Phi) is 5.58. The molecule has 0 heterocycles. The number of rotatable bonds is 5. The molecule has 0 spiro atoms. The molecule has 5 heteroatoms. The number of hydrogen-bond donors (Lipinski definition) is 1. The van der Waals surface area contributed by atoms with Crippen molar-refractivity contribution in [3.05, 3.63) is 34.1 Å². The van der Waals surface area contributed by atoms with Gasteiger partial charge in [0.15, 0.2) is 0 Å². The fraction of sp³-hybridized carbons (Fsp3) is 0.455. The molecule has 0 amide bonds. The Labute approximate surface area is 106 Å². The lowest BCUT2D eigenvalue weighted by Crippen LogP contribution is -2.30. The zero-order chi connectivity index (χ0) is 12.1. The molecule has 2 nitrogen and oxygen atoms in total. The quantitative estimate of drug-likeness (QED) is 0.905. The van der Waals surface area contributed by atoms with Crippen LogP contribution in [0.4, 0.5) is 4.39 Å². The number of nitrogens with one attached hydrogen (secondary N) is 1. The molecule has 16 heavy (non-hydrogen) atoms. The molecule has 1 N–H and O–H groups in total. The van der Waals surface area contributed by atoms with Gasteiger partial charge < -0.3 is 5.32 Å². The summed E-state index contributed by atoms with van der Waals surface area (Å²) in [4.78, 5) is 0. The molecule has 1 rings (SSSR count). The molecule has 0 saturated carbocycles. The predicted octanol–water partition coefficient (Wildman–Crippen LogP) is 2.44. The van der Waals surface area contributed by atoms with Gasteiger partial charge in [-0.15, -0.1) is 0 Å². The van der Waals surface area contributed by atoms with Crippen LogP contribution in [0.3, 0.4) is 0 Å². The molecule has 0 aliphatic heterocycles. The van der Waals surface area contributed by atoms with E-state index in [0.29, 0.717) is 12.3 Å². The van der Waals surface area contributed by atoms with E-state index in [2.05, 4.69) is 21.2 Å². The van der Waals surface area contributed by atoms with Crippen molar-refractivity contribution in [1.82, 2.24) is 5.32 Å². The number of hydrogen-bond acceptors (Lipinski definition) is 2. The van der Waals surface area contributed by atoms with Gasteiger partial charge >= 0.3 is 0 Å². The van der Waals surface area contributed by atoms with Crippen molar-refractivity contribution in [2.24, 2.45) is 0 Å². The molecule has 0 aromatic heterocycles. The maximum absolute atomic E-state index is 13.0. The number of halogens is 2. The lowest BCUT2D eigenvalue weighted by Gasteiger charge is -2.13. The average molecular weight is 308 g/mol. The molecule has 0 fully saturated rings. The van der Waals surface area contributed by atoms with Crippen LogP contribution < -0.4 is 5.32 Å². The smallest absolute Gasteiger partial charge is 0.123 e. The Morgan fingerprint density at radius 3 is 2.88 bits per heavy atom. The van der Waals surface area contributed by atoms with Crippen molar-refractivity contribution >= 4 is 26.7 Å². The zero-order valence-corrected chi connectivity index (χ0v) is 11.7. The Hall–Kier alpha value is -0.260. The monoisotopic (exact) mass is 307 g/mol. The fourth-order valence-electron chi connectivity index (χ4n) is 1.37. The minimum Gasteiger partial charge on any atom is -0.309 e. The van der Waals surface area contributed by atoms with E-state index < -0.39 is 10.8 Å². The molecule has 0 aliphatic carbocycles. The lowest BCUT2D eigenvalue weighted by atomic mass is 10.2. The maximum Gasteiger partial charge on any atom is 0.123 e. The van der Waals surface area contributed by atoms with Crippen LogP contribution >= 0.6 is 15.9 Å². The summed E-state index contributed by atoms with van der Waals surface area (Å²) in [6, 6.07) is 4.75. The first-order valence-electron chi connectivity index (χ1n) is 4.96. The highest BCUT2D eigenvalue weighted by atomic mass is 79.9. The second-order valence-corrected chi connectivity index (χ2v) is 6.09. The molecule has 90 valence electrons. The van der Waals surface area contributed by atoms with Gasteiger partial charge in [0.1, 0.15) is 5.82 Å². The summed E-state index contributed by atoms with van der Waals surface area (Å²) in [6.07, 6.45) is 1.68. The normalized spacial score (nSPS) is 14.8. The van der Waals surface area contributed by atoms with Crippen LogP contribution in [0.15, 0.2) is 22.7 Å². The van der Waals surface area contributed by atoms with Gasteiger partial charge in [0.05, 0.1) is 0 Å². The summed E-state index contributed by atoms with van der Waals surface area (Å²) < 4.78 is 24.9. The summed E-state index contributed by atoms with van der Waals surface area (Å²) >= 11 is 3.36. The van der Waals surface area contributed by atoms with E-state index in [0.717, 1.165) is 10.0 Å². The SMILES string of the molecule is CC(CS(C)=O)NCc1cc(F)ccc1Br. The molecular formula is C11H15BrFNOS. The second kappa shape index (κ2) is 6.47. The van der Waals surface area contributed by atoms with E-state index in [9.17, 15) is 8.60 Å². The molecule has 2 atom stereocenters. The van der Waals surface area contributed by atoms with Gasteiger partial charge in [0.25, 0.3) is 0 Å². The summed E-state index contributed by atoms with van der Waals surface area (Å²) in [5, 5.41) is 3.21. The lowest BCUT2D eigenvalue weighted by molar-refractivity contribution is 0.579. The third-order valence-corrected chi connectivity index (χ3v) is 3.88. The van der Waals surface area contributed by atoms with Crippen LogP contribution in [-0.2, 0) is 17.3 Å². The molecular weight excluding hydrogens is 293 g/mol. The predicted molar refractivity (Wildman–Crippen MR) is 69.3 cm³/mol. The van der Waals surface area contributed by atoms with Gasteiger partial charge in [-0.1, -0.05) is 15.9 Å². The Bertz CT molecular complexity index is 386. The van der Waals surface area contributed by atoms with Gasteiger partial charge in [0, 0.05) is 39.9 Å². The molecule has 0 radical (unpaired) electrons. The van der Waals surface area contributed by atoms with Gasteiger partial charge in [-0.05, 0) is 30.7 Å². The third-order valence-electron chi connectivity index (χ3n) is 2.13. The van der Waals surface area contributed by atoms with Crippen LogP contribution in [-0.4, -0.2) is 22.3 Å². The van der Waals surface area contributed by atoms with Crippen molar-refractivity contribution in [3.63, 3.8) is 0 Å². The fourth-order valence-corrected chi connectivity index (χ4v) is 2.58. The first kappa shape index (κ1) is 13.8. The van der Waals surface area contributed by atoms with E-state index in [4.69, 9.17) is 0 Å². The van der Waals surface area contributed by atoms with Crippen molar-refractivity contribution < 1.29 is 8.60 Å². The molecule has 0 saturated heterocycles. The molecule has 1 aromatic rings.